The number of allylic oxidation sites excluding steroid dienone is 1. The lowest BCUT2D eigenvalue weighted by Gasteiger charge is -2.41. The normalized spacial score (nSPS) is 18.6. The van der Waals surface area contributed by atoms with Crippen molar-refractivity contribution in [2.75, 3.05) is 24.6 Å². The molecular weight excluding hydrogens is 562 g/mol. The SMILES string of the molecule is Cc1nc2cc3nn2c(c1[C@H](OC(C)(C)C)C(=O)O)N1CCC(C)(CC1)OC/C=C/Cc1ccccc1Cc1cnc-3s1. The van der Waals surface area contributed by atoms with Crippen LogP contribution < -0.4 is 4.90 Å². The van der Waals surface area contributed by atoms with E-state index in [1.165, 1.54) is 11.1 Å². The molecule has 1 saturated heterocycles. The Morgan fingerprint density at radius 2 is 1.91 bits per heavy atom. The van der Waals surface area contributed by atoms with Gasteiger partial charge in [0.05, 0.1) is 23.4 Å². The van der Waals surface area contributed by atoms with Crippen LogP contribution in [0, 0.1) is 6.92 Å². The number of ether oxygens (including phenoxy) is 2. The lowest BCUT2D eigenvalue weighted by atomic mass is 9.92. The number of carboxylic acid groups (broad SMARTS) is 1. The van der Waals surface area contributed by atoms with E-state index >= 15 is 0 Å². The van der Waals surface area contributed by atoms with Crippen molar-refractivity contribution in [3.63, 3.8) is 0 Å². The zero-order valence-corrected chi connectivity index (χ0v) is 26.3. The van der Waals surface area contributed by atoms with Gasteiger partial charge in [0.15, 0.2) is 11.8 Å². The fourth-order valence-corrected chi connectivity index (χ4v) is 6.80. The molecule has 0 saturated carbocycles. The van der Waals surface area contributed by atoms with Gasteiger partial charge in [0, 0.05) is 42.3 Å². The van der Waals surface area contributed by atoms with Crippen molar-refractivity contribution in [3.8, 4) is 10.7 Å². The first-order chi connectivity index (χ1) is 20.5. The minimum Gasteiger partial charge on any atom is -0.479 e. The number of aryl methyl sites for hydroxylation is 1. The first kappa shape index (κ1) is 29.5. The molecule has 1 fully saturated rings. The van der Waals surface area contributed by atoms with Crippen LogP contribution in [0.1, 0.15) is 73.9 Å². The van der Waals surface area contributed by atoms with Crippen molar-refractivity contribution in [1.82, 2.24) is 19.6 Å². The van der Waals surface area contributed by atoms with E-state index in [4.69, 9.17) is 24.5 Å². The van der Waals surface area contributed by atoms with Gasteiger partial charge in [0.1, 0.15) is 16.5 Å². The zero-order valence-electron chi connectivity index (χ0n) is 25.5. The quantitative estimate of drug-likeness (QED) is 0.278. The second-order valence-electron chi connectivity index (χ2n) is 12.7. The van der Waals surface area contributed by atoms with E-state index in [1.54, 1.807) is 15.9 Å². The van der Waals surface area contributed by atoms with Crippen LogP contribution in [0.3, 0.4) is 0 Å². The molecule has 1 N–H and O–H groups in total. The smallest absolute Gasteiger partial charge is 0.337 e. The fraction of sp³-hybridized carbons (Fsp3) is 0.455. The molecular formula is C33H39N5O4S. The Kier molecular flexibility index (Phi) is 7.87. The van der Waals surface area contributed by atoms with Crippen LogP contribution in [-0.4, -0.2) is 61.6 Å². The van der Waals surface area contributed by atoms with Gasteiger partial charge in [0.2, 0.25) is 0 Å². The highest BCUT2D eigenvalue weighted by Crippen LogP contribution is 2.38. The average Bonchev–Trinajstić information content (AvgIpc) is 3.58. The Hall–Kier alpha value is -3.60. The van der Waals surface area contributed by atoms with Crippen molar-refractivity contribution in [1.29, 1.82) is 0 Å². The van der Waals surface area contributed by atoms with Gasteiger partial charge in [-0.2, -0.15) is 9.61 Å². The molecule has 6 bridgehead atoms. The van der Waals surface area contributed by atoms with Gasteiger partial charge >= 0.3 is 5.97 Å². The molecule has 0 aliphatic carbocycles. The van der Waals surface area contributed by atoms with E-state index in [0.717, 1.165) is 35.6 Å². The number of aliphatic carboxylic acids is 1. The van der Waals surface area contributed by atoms with Crippen molar-refractivity contribution in [3.05, 3.63) is 75.9 Å². The molecule has 226 valence electrons. The number of rotatable bonds is 3. The number of aromatic nitrogens is 4. The fourth-order valence-electron chi connectivity index (χ4n) is 5.90. The predicted molar refractivity (Wildman–Crippen MR) is 168 cm³/mol. The molecule has 0 spiro atoms. The van der Waals surface area contributed by atoms with Crippen LogP contribution in [0.15, 0.2) is 48.7 Å². The molecule has 0 amide bonds. The van der Waals surface area contributed by atoms with Crippen LogP contribution in [0.4, 0.5) is 5.82 Å². The molecule has 9 nitrogen and oxygen atoms in total. The van der Waals surface area contributed by atoms with Gasteiger partial charge in [0.25, 0.3) is 0 Å². The number of hydrogen-bond acceptors (Lipinski definition) is 8. The number of piperidine rings is 1. The summed E-state index contributed by atoms with van der Waals surface area (Å²) in [6.07, 6.45) is 8.24. The summed E-state index contributed by atoms with van der Waals surface area (Å²) in [5.74, 6) is -0.351. The molecule has 1 atom stereocenters. The standard InChI is InChI=1S/C33H39N5O4S/c1-21-27(28(31(39)40)42-32(2,3)4)30-37-15-13-33(5,14-16-37)41-17-9-8-11-22-10-6-7-12-23(22)18-24-20-34-29(43-24)25-19-26(35-21)38(30)36-25/h6-10,12,19-20,28H,11,13-18H2,1-5H3,(H,39,40)/b9-8+/t28-/m0/s1. The van der Waals surface area contributed by atoms with Gasteiger partial charge in [-0.15, -0.1) is 11.3 Å². The van der Waals surface area contributed by atoms with E-state index in [9.17, 15) is 9.90 Å². The Balaban J connectivity index is 1.50. The molecule has 7 rings (SSSR count). The summed E-state index contributed by atoms with van der Waals surface area (Å²) in [5, 5.41) is 16.2. The monoisotopic (exact) mass is 601 g/mol. The van der Waals surface area contributed by atoms with Gasteiger partial charge in [-0.3, -0.25) is 0 Å². The highest BCUT2D eigenvalue weighted by atomic mass is 32.1. The van der Waals surface area contributed by atoms with E-state index in [0.29, 0.717) is 48.1 Å². The van der Waals surface area contributed by atoms with Crippen molar-refractivity contribution in [2.24, 2.45) is 0 Å². The van der Waals surface area contributed by atoms with E-state index in [2.05, 4.69) is 48.2 Å². The minimum absolute atomic E-state index is 0.288. The number of nitrogens with zero attached hydrogens (tertiary/aromatic N) is 5. The molecule has 0 unspecified atom stereocenters. The Bertz CT molecular complexity index is 1680. The third-order valence-electron chi connectivity index (χ3n) is 8.17. The highest BCUT2D eigenvalue weighted by Gasteiger charge is 2.37. The Morgan fingerprint density at radius 1 is 1.16 bits per heavy atom. The van der Waals surface area contributed by atoms with Crippen LogP contribution in [0.25, 0.3) is 16.3 Å². The number of benzene rings is 1. The molecule has 10 heteroatoms. The molecule has 1 aromatic carbocycles. The van der Waals surface area contributed by atoms with Crippen molar-refractivity contribution < 1.29 is 19.4 Å². The molecule has 3 aliphatic heterocycles. The van der Waals surface area contributed by atoms with E-state index < -0.39 is 17.7 Å². The molecule has 4 aromatic rings. The summed E-state index contributed by atoms with van der Waals surface area (Å²) in [7, 11) is 0. The largest absolute Gasteiger partial charge is 0.479 e. The lowest BCUT2D eigenvalue weighted by molar-refractivity contribution is -0.160. The zero-order chi connectivity index (χ0) is 30.4. The molecule has 3 aliphatic rings. The maximum atomic E-state index is 12.7. The van der Waals surface area contributed by atoms with Crippen LogP contribution >= 0.6 is 11.3 Å². The molecule has 6 heterocycles. The second-order valence-corrected chi connectivity index (χ2v) is 13.8. The summed E-state index contributed by atoms with van der Waals surface area (Å²) in [5.41, 5.74) is 4.10. The molecule has 3 aromatic heterocycles. The van der Waals surface area contributed by atoms with Gasteiger partial charge in [-0.05, 0) is 65.0 Å². The summed E-state index contributed by atoms with van der Waals surface area (Å²) in [4.78, 5) is 25.7. The highest BCUT2D eigenvalue weighted by molar-refractivity contribution is 7.15. The molecule has 43 heavy (non-hydrogen) atoms. The molecule has 0 radical (unpaired) electrons. The summed E-state index contributed by atoms with van der Waals surface area (Å²) >= 11 is 1.62. The third-order valence-corrected chi connectivity index (χ3v) is 9.19. The summed E-state index contributed by atoms with van der Waals surface area (Å²) in [6.45, 7) is 11.5. The summed E-state index contributed by atoms with van der Waals surface area (Å²) in [6, 6.07) is 10.5. The van der Waals surface area contributed by atoms with Gasteiger partial charge < -0.3 is 19.5 Å². The first-order valence-electron chi connectivity index (χ1n) is 14.9. The van der Waals surface area contributed by atoms with E-state index in [-0.39, 0.29) is 5.60 Å². The van der Waals surface area contributed by atoms with Crippen LogP contribution in [-0.2, 0) is 27.1 Å². The number of fused-ring (bicyclic) bond motifs is 5. The minimum atomic E-state index is -1.21. The van der Waals surface area contributed by atoms with E-state index in [1.807, 2.05) is 40.0 Å². The van der Waals surface area contributed by atoms with Gasteiger partial charge in [-0.25, -0.2) is 14.8 Å². The Morgan fingerprint density at radius 3 is 2.63 bits per heavy atom. The number of carbonyl (C=O) groups is 1. The number of hydrogen-bond donors (Lipinski definition) is 1. The topological polar surface area (TPSA) is 102 Å². The maximum absolute atomic E-state index is 12.7. The number of carboxylic acids is 1. The van der Waals surface area contributed by atoms with Gasteiger partial charge in [-0.1, -0.05) is 36.4 Å². The van der Waals surface area contributed by atoms with Crippen molar-refractivity contribution >= 4 is 28.8 Å². The lowest BCUT2D eigenvalue weighted by Crippen LogP contribution is -2.45. The maximum Gasteiger partial charge on any atom is 0.337 e. The summed E-state index contributed by atoms with van der Waals surface area (Å²) < 4.78 is 14.4. The van der Waals surface area contributed by atoms with Crippen molar-refractivity contribution in [2.45, 2.75) is 77.6 Å². The predicted octanol–water partition coefficient (Wildman–Crippen LogP) is 6.18. The third kappa shape index (κ3) is 6.23. The number of anilines is 1. The van der Waals surface area contributed by atoms with Crippen LogP contribution in [0.5, 0.6) is 0 Å². The number of thiazole rings is 1. The van der Waals surface area contributed by atoms with Crippen LogP contribution in [0.2, 0.25) is 0 Å². The second kappa shape index (κ2) is 11.5. The Labute approximate surface area is 256 Å². The average molecular weight is 602 g/mol. The first-order valence-corrected chi connectivity index (χ1v) is 15.7.